The summed E-state index contributed by atoms with van der Waals surface area (Å²) >= 11 is 0. The molecule has 0 aliphatic carbocycles. The summed E-state index contributed by atoms with van der Waals surface area (Å²) in [6.45, 7) is 1.92. The Kier molecular flexibility index (Phi) is 5.16. The summed E-state index contributed by atoms with van der Waals surface area (Å²) < 4.78 is 18.4. The highest BCUT2D eigenvalue weighted by atomic mass is 19.1. The molecule has 1 fully saturated rings. The first kappa shape index (κ1) is 14.3. The molecular formula is C15H22FNO2. The second-order valence-electron chi connectivity index (χ2n) is 5.13. The molecule has 0 bridgehead atoms. The molecule has 1 aliphatic heterocycles. The Balaban J connectivity index is 2.09. The van der Waals surface area contributed by atoms with Gasteiger partial charge in [0.1, 0.15) is 0 Å². The number of methoxy groups -OCH3 is 1. The molecule has 0 amide bonds. The summed E-state index contributed by atoms with van der Waals surface area (Å²) in [5.41, 5.74) is 1.03. The van der Waals surface area contributed by atoms with Crippen LogP contribution in [0.3, 0.4) is 0 Å². The van der Waals surface area contributed by atoms with Crippen LogP contribution in [0.25, 0.3) is 0 Å². The second kappa shape index (κ2) is 6.87. The number of hydrogen-bond acceptors (Lipinski definition) is 3. The lowest BCUT2D eigenvalue weighted by atomic mass is 10.1. The van der Waals surface area contributed by atoms with E-state index >= 15 is 0 Å². The topological polar surface area (TPSA) is 32.7 Å². The number of rotatable bonds is 4. The predicted octanol–water partition coefficient (Wildman–Crippen LogP) is 2.57. The molecule has 0 spiro atoms. The third-order valence-electron chi connectivity index (χ3n) is 3.81. The zero-order valence-electron chi connectivity index (χ0n) is 11.4. The summed E-state index contributed by atoms with van der Waals surface area (Å²) in [5.74, 6) is -0.0475. The fourth-order valence-corrected chi connectivity index (χ4v) is 2.69. The summed E-state index contributed by atoms with van der Waals surface area (Å²) in [6, 6.07) is 5.20. The van der Waals surface area contributed by atoms with E-state index in [1.165, 1.54) is 26.0 Å². The molecule has 2 rings (SSSR count). The Bertz CT molecular complexity index is 411. The van der Waals surface area contributed by atoms with Crippen LogP contribution >= 0.6 is 0 Å². The second-order valence-corrected chi connectivity index (χ2v) is 5.13. The van der Waals surface area contributed by atoms with Crippen molar-refractivity contribution in [2.75, 3.05) is 20.3 Å². The number of nitrogens with zero attached hydrogens (tertiary/aromatic N) is 1. The standard InChI is InChI=1S/C15H22FNO2/c1-19-15-9-12(6-7-14(15)16)10-17-8-4-2-3-5-13(17)11-18/h6-7,9,13,18H,2-5,8,10-11H2,1H3/t13-/m1/s1. The van der Waals surface area contributed by atoms with Crippen molar-refractivity contribution in [2.24, 2.45) is 0 Å². The van der Waals surface area contributed by atoms with Crippen molar-refractivity contribution in [3.63, 3.8) is 0 Å². The van der Waals surface area contributed by atoms with Crippen LogP contribution in [0.4, 0.5) is 4.39 Å². The van der Waals surface area contributed by atoms with E-state index in [1.54, 1.807) is 12.1 Å². The van der Waals surface area contributed by atoms with Gasteiger partial charge < -0.3 is 9.84 Å². The Morgan fingerprint density at radius 2 is 2.21 bits per heavy atom. The minimum atomic E-state index is -0.333. The molecule has 0 saturated carbocycles. The lowest BCUT2D eigenvalue weighted by molar-refractivity contribution is 0.118. The largest absolute Gasteiger partial charge is 0.494 e. The Morgan fingerprint density at radius 1 is 1.37 bits per heavy atom. The molecule has 0 unspecified atom stereocenters. The zero-order chi connectivity index (χ0) is 13.7. The average Bonchev–Trinajstić information content (AvgIpc) is 2.66. The number of aliphatic hydroxyl groups excluding tert-OH is 1. The van der Waals surface area contributed by atoms with E-state index in [1.807, 2.05) is 0 Å². The molecule has 1 aliphatic rings. The van der Waals surface area contributed by atoms with Crippen LogP contribution in [0.5, 0.6) is 5.75 Å². The highest BCUT2D eigenvalue weighted by Crippen LogP contribution is 2.22. The number of likely N-dealkylation sites (tertiary alicyclic amines) is 1. The van der Waals surface area contributed by atoms with Crippen LogP contribution in [0.2, 0.25) is 0 Å². The molecule has 4 heteroatoms. The first-order valence-corrected chi connectivity index (χ1v) is 6.92. The highest BCUT2D eigenvalue weighted by Gasteiger charge is 2.20. The van der Waals surface area contributed by atoms with E-state index in [4.69, 9.17) is 4.74 Å². The van der Waals surface area contributed by atoms with Crippen LogP contribution in [-0.2, 0) is 6.54 Å². The number of halogens is 1. The van der Waals surface area contributed by atoms with Gasteiger partial charge in [-0.2, -0.15) is 0 Å². The lowest BCUT2D eigenvalue weighted by Gasteiger charge is -2.28. The molecule has 1 aromatic rings. The van der Waals surface area contributed by atoms with Gasteiger partial charge in [-0.05, 0) is 37.1 Å². The Labute approximate surface area is 114 Å². The van der Waals surface area contributed by atoms with Gasteiger partial charge in [0.05, 0.1) is 13.7 Å². The molecule has 106 valence electrons. The SMILES string of the molecule is COc1cc(CN2CCCCC[C@@H]2CO)ccc1F. The maximum atomic E-state index is 13.4. The number of aliphatic hydroxyl groups is 1. The fraction of sp³-hybridized carbons (Fsp3) is 0.600. The van der Waals surface area contributed by atoms with Gasteiger partial charge in [-0.3, -0.25) is 4.90 Å². The molecule has 1 atom stereocenters. The third-order valence-corrected chi connectivity index (χ3v) is 3.81. The Hall–Kier alpha value is -1.13. The average molecular weight is 267 g/mol. The van der Waals surface area contributed by atoms with Gasteiger partial charge in [-0.25, -0.2) is 4.39 Å². The molecule has 1 aromatic carbocycles. The van der Waals surface area contributed by atoms with E-state index in [0.717, 1.165) is 31.5 Å². The number of ether oxygens (including phenoxy) is 1. The summed E-state index contributed by atoms with van der Waals surface area (Å²) in [5, 5.41) is 9.48. The molecule has 19 heavy (non-hydrogen) atoms. The van der Waals surface area contributed by atoms with E-state index < -0.39 is 0 Å². The van der Waals surface area contributed by atoms with Crippen molar-refractivity contribution in [3.05, 3.63) is 29.6 Å². The van der Waals surface area contributed by atoms with Gasteiger partial charge in [0.25, 0.3) is 0 Å². The highest BCUT2D eigenvalue weighted by molar-refractivity contribution is 5.30. The molecule has 1 saturated heterocycles. The predicted molar refractivity (Wildman–Crippen MR) is 72.7 cm³/mol. The van der Waals surface area contributed by atoms with Crippen LogP contribution < -0.4 is 4.74 Å². The first-order chi connectivity index (χ1) is 9.24. The number of benzene rings is 1. The smallest absolute Gasteiger partial charge is 0.165 e. The molecular weight excluding hydrogens is 245 g/mol. The van der Waals surface area contributed by atoms with E-state index in [9.17, 15) is 9.50 Å². The van der Waals surface area contributed by atoms with Crippen LogP contribution in [0.1, 0.15) is 31.2 Å². The summed E-state index contributed by atoms with van der Waals surface area (Å²) in [7, 11) is 1.48. The van der Waals surface area contributed by atoms with Crippen LogP contribution in [0.15, 0.2) is 18.2 Å². The van der Waals surface area contributed by atoms with Crippen molar-refractivity contribution in [1.29, 1.82) is 0 Å². The van der Waals surface area contributed by atoms with E-state index in [0.29, 0.717) is 0 Å². The summed E-state index contributed by atoms with van der Waals surface area (Å²) in [6.07, 6.45) is 4.60. The normalized spacial score (nSPS) is 21.1. The van der Waals surface area contributed by atoms with Gasteiger partial charge in [0, 0.05) is 12.6 Å². The number of hydrogen-bond donors (Lipinski definition) is 1. The van der Waals surface area contributed by atoms with Crippen LogP contribution in [0, 0.1) is 5.82 Å². The quantitative estimate of drug-likeness (QED) is 0.910. The maximum Gasteiger partial charge on any atom is 0.165 e. The first-order valence-electron chi connectivity index (χ1n) is 6.92. The van der Waals surface area contributed by atoms with Gasteiger partial charge in [0.15, 0.2) is 11.6 Å². The maximum absolute atomic E-state index is 13.4. The van der Waals surface area contributed by atoms with Crippen molar-refractivity contribution < 1.29 is 14.2 Å². The van der Waals surface area contributed by atoms with Gasteiger partial charge >= 0.3 is 0 Å². The van der Waals surface area contributed by atoms with Crippen molar-refractivity contribution >= 4 is 0 Å². The molecule has 0 radical (unpaired) electrons. The van der Waals surface area contributed by atoms with Crippen molar-refractivity contribution in [3.8, 4) is 5.75 Å². The summed E-state index contributed by atoms with van der Waals surface area (Å²) in [4.78, 5) is 2.29. The van der Waals surface area contributed by atoms with Crippen molar-refractivity contribution in [2.45, 2.75) is 38.3 Å². The molecule has 1 heterocycles. The van der Waals surface area contributed by atoms with Crippen LogP contribution in [-0.4, -0.2) is 36.3 Å². The van der Waals surface area contributed by atoms with Crippen molar-refractivity contribution in [1.82, 2.24) is 4.90 Å². The lowest BCUT2D eigenvalue weighted by Crippen LogP contribution is -2.36. The fourth-order valence-electron chi connectivity index (χ4n) is 2.69. The molecule has 0 aromatic heterocycles. The van der Waals surface area contributed by atoms with E-state index in [2.05, 4.69) is 4.90 Å². The monoisotopic (exact) mass is 267 g/mol. The van der Waals surface area contributed by atoms with E-state index in [-0.39, 0.29) is 24.2 Å². The van der Waals surface area contributed by atoms with Gasteiger partial charge in [-0.1, -0.05) is 18.9 Å². The molecule has 3 nitrogen and oxygen atoms in total. The zero-order valence-corrected chi connectivity index (χ0v) is 11.4. The minimum absolute atomic E-state index is 0.193. The third kappa shape index (κ3) is 3.67. The van der Waals surface area contributed by atoms with Gasteiger partial charge in [0.2, 0.25) is 0 Å². The molecule has 1 N–H and O–H groups in total. The Morgan fingerprint density at radius 3 is 2.95 bits per heavy atom. The van der Waals surface area contributed by atoms with Gasteiger partial charge in [-0.15, -0.1) is 0 Å². The minimum Gasteiger partial charge on any atom is -0.494 e.